The minimum Gasteiger partial charge on any atom is -0.484 e. The Balaban J connectivity index is 1.10. The lowest BCUT2D eigenvalue weighted by atomic mass is 9.76. The molecule has 3 aliphatic carbocycles. The third-order valence-corrected chi connectivity index (χ3v) is 6.44. The molecule has 2 amide bonds. The molecule has 1 heterocycles. The Labute approximate surface area is 183 Å². The fourth-order valence-corrected chi connectivity index (χ4v) is 4.83. The number of fused-ring (bicyclic) bond motifs is 2. The Kier molecular flexibility index (Phi) is 4.89. The van der Waals surface area contributed by atoms with Crippen LogP contribution >= 0.6 is 11.6 Å². The Hall–Kier alpha value is -3.00. The Morgan fingerprint density at radius 1 is 1.23 bits per heavy atom. The monoisotopic (exact) mass is 445 g/mol. The highest BCUT2D eigenvalue weighted by molar-refractivity contribution is 6.30. The van der Waals surface area contributed by atoms with Gasteiger partial charge in [-0.1, -0.05) is 23.7 Å². The molecule has 0 radical (unpaired) electrons. The number of ether oxygens (including phenoxy) is 2. The molecule has 6 rings (SSSR count). The minimum atomic E-state index is -0.756. The van der Waals surface area contributed by atoms with Crippen molar-refractivity contribution in [3.05, 3.63) is 53.3 Å². The SMILES string of the molecule is O=C(COc1ccc(Cl)c(F)c1)NC12CC(C1)C(NC(=O)C1Nc3ccccc3O1)C2. The zero-order valence-electron chi connectivity index (χ0n) is 16.5. The first-order valence-electron chi connectivity index (χ1n) is 10.1. The number of hydrogen-bond donors (Lipinski definition) is 3. The summed E-state index contributed by atoms with van der Waals surface area (Å²) in [5.74, 6) is 0.114. The lowest BCUT2D eigenvalue weighted by Crippen LogP contribution is -2.53. The van der Waals surface area contributed by atoms with Gasteiger partial charge in [0.2, 0.25) is 6.23 Å². The zero-order chi connectivity index (χ0) is 21.6. The number of halogens is 2. The maximum atomic E-state index is 13.5. The molecular formula is C22H21ClFN3O4. The van der Waals surface area contributed by atoms with Crippen LogP contribution in [0.1, 0.15) is 19.3 Å². The fourth-order valence-electron chi connectivity index (χ4n) is 4.72. The summed E-state index contributed by atoms with van der Waals surface area (Å²) in [6, 6.07) is 11.4. The third kappa shape index (κ3) is 3.87. The normalized spacial score (nSPS) is 27.4. The average Bonchev–Trinajstić information content (AvgIpc) is 3.39. The smallest absolute Gasteiger partial charge is 0.282 e. The molecule has 0 spiro atoms. The summed E-state index contributed by atoms with van der Waals surface area (Å²) >= 11 is 5.64. The molecule has 2 atom stereocenters. The highest BCUT2D eigenvalue weighted by Gasteiger charge is 2.57. The van der Waals surface area contributed by atoms with E-state index in [1.54, 1.807) is 0 Å². The number of anilines is 1. The van der Waals surface area contributed by atoms with Gasteiger partial charge in [-0.2, -0.15) is 0 Å². The lowest BCUT2D eigenvalue weighted by Gasteiger charge is -2.39. The summed E-state index contributed by atoms with van der Waals surface area (Å²) < 4.78 is 24.5. The van der Waals surface area contributed by atoms with Gasteiger partial charge in [-0.05, 0) is 49.4 Å². The molecule has 4 aliphatic rings. The van der Waals surface area contributed by atoms with E-state index < -0.39 is 12.0 Å². The average molecular weight is 446 g/mol. The van der Waals surface area contributed by atoms with Gasteiger partial charge in [0.1, 0.15) is 17.3 Å². The first-order chi connectivity index (χ1) is 14.9. The molecule has 9 heteroatoms. The number of para-hydroxylation sites is 2. The van der Waals surface area contributed by atoms with Crippen LogP contribution in [0.3, 0.4) is 0 Å². The molecule has 31 heavy (non-hydrogen) atoms. The fraction of sp³-hybridized carbons (Fsp3) is 0.364. The van der Waals surface area contributed by atoms with Crippen molar-refractivity contribution >= 4 is 29.1 Å². The lowest BCUT2D eigenvalue weighted by molar-refractivity contribution is -0.127. The van der Waals surface area contributed by atoms with E-state index in [2.05, 4.69) is 16.0 Å². The number of amides is 2. The van der Waals surface area contributed by atoms with Crippen molar-refractivity contribution < 1.29 is 23.5 Å². The van der Waals surface area contributed by atoms with Gasteiger partial charge in [0.25, 0.3) is 11.8 Å². The first-order valence-corrected chi connectivity index (χ1v) is 10.5. The molecule has 2 aromatic rings. The Bertz CT molecular complexity index is 1020. The maximum absolute atomic E-state index is 13.5. The molecule has 2 bridgehead atoms. The van der Waals surface area contributed by atoms with E-state index in [4.69, 9.17) is 21.1 Å². The summed E-state index contributed by atoms with van der Waals surface area (Å²) in [4.78, 5) is 25.0. The molecule has 3 saturated carbocycles. The van der Waals surface area contributed by atoms with Crippen molar-refractivity contribution in [1.82, 2.24) is 10.6 Å². The summed E-state index contributed by atoms with van der Waals surface area (Å²) in [5.41, 5.74) is 0.462. The van der Waals surface area contributed by atoms with E-state index in [1.165, 1.54) is 12.1 Å². The van der Waals surface area contributed by atoms with Crippen LogP contribution < -0.4 is 25.4 Å². The quantitative estimate of drug-likeness (QED) is 0.636. The van der Waals surface area contributed by atoms with Crippen LogP contribution in [0.2, 0.25) is 5.02 Å². The van der Waals surface area contributed by atoms with Crippen molar-refractivity contribution in [3.63, 3.8) is 0 Å². The number of rotatable bonds is 6. The van der Waals surface area contributed by atoms with Crippen molar-refractivity contribution in [2.45, 2.75) is 37.1 Å². The maximum Gasteiger partial charge on any atom is 0.282 e. The predicted molar refractivity (Wildman–Crippen MR) is 112 cm³/mol. The van der Waals surface area contributed by atoms with Gasteiger partial charge >= 0.3 is 0 Å². The summed E-state index contributed by atoms with van der Waals surface area (Å²) in [6.07, 6.45) is 1.51. The van der Waals surface area contributed by atoms with E-state index >= 15 is 0 Å². The second kappa shape index (κ2) is 7.60. The van der Waals surface area contributed by atoms with Gasteiger partial charge in [0.15, 0.2) is 6.61 Å². The molecule has 162 valence electrons. The number of carbonyl (C=O) groups is 2. The van der Waals surface area contributed by atoms with Gasteiger partial charge in [-0.15, -0.1) is 0 Å². The molecule has 3 N–H and O–H groups in total. The molecule has 2 aromatic carbocycles. The standard InChI is InChI=1S/C22H21ClFN3O4/c23-14-6-5-13(7-15(14)24)30-11-19(28)27-22-8-12(9-22)17(10-22)25-20(29)21-26-16-3-1-2-4-18(16)31-21/h1-7,12,17,21,26H,8-11H2,(H,25,29)(H,27,28). The van der Waals surface area contributed by atoms with Crippen LogP contribution in [0.4, 0.5) is 10.1 Å². The van der Waals surface area contributed by atoms with Crippen LogP contribution in [-0.2, 0) is 9.59 Å². The summed E-state index contributed by atoms with van der Waals surface area (Å²) in [5, 5.41) is 9.13. The van der Waals surface area contributed by atoms with Crippen molar-refractivity contribution in [3.8, 4) is 11.5 Å². The third-order valence-electron chi connectivity index (χ3n) is 6.14. The molecule has 0 saturated heterocycles. The van der Waals surface area contributed by atoms with Gasteiger partial charge in [0, 0.05) is 17.6 Å². The number of carbonyl (C=O) groups excluding carboxylic acids is 2. The number of hydrogen-bond acceptors (Lipinski definition) is 5. The largest absolute Gasteiger partial charge is 0.484 e. The van der Waals surface area contributed by atoms with Crippen LogP contribution in [0.5, 0.6) is 11.5 Å². The second-order valence-corrected chi connectivity index (χ2v) is 8.73. The van der Waals surface area contributed by atoms with Gasteiger partial charge < -0.3 is 25.4 Å². The van der Waals surface area contributed by atoms with E-state index in [-0.39, 0.29) is 40.8 Å². The van der Waals surface area contributed by atoms with Crippen LogP contribution in [0, 0.1) is 11.7 Å². The number of benzene rings is 2. The van der Waals surface area contributed by atoms with Gasteiger partial charge in [-0.3, -0.25) is 9.59 Å². The van der Waals surface area contributed by atoms with E-state index in [1.807, 2.05) is 24.3 Å². The summed E-state index contributed by atoms with van der Waals surface area (Å²) in [7, 11) is 0. The topological polar surface area (TPSA) is 88.7 Å². The minimum absolute atomic E-state index is 0.00247. The molecule has 2 unspecified atom stereocenters. The van der Waals surface area contributed by atoms with Crippen LogP contribution in [-0.4, -0.2) is 36.2 Å². The highest BCUT2D eigenvalue weighted by Crippen LogP contribution is 2.52. The van der Waals surface area contributed by atoms with Crippen molar-refractivity contribution in [2.24, 2.45) is 5.92 Å². The van der Waals surface area contributed by atoms with Crippen molar-refractivity contribution in [2.75, 3.05) is 11.9 Å². The van der Waals surface area contributed by atoms with Crippen LogP contribution in [0.25, 0.3) is 0 Å². The van der Waals surface area contributed by atoms with Gasteiger partial charge in [-0.25, -0.2) is 4.39 Å². The first kappa shape index (κ1) is 19.9. The Morgan fingerprint density at radius 3 is 2.81 bits per heavy atom. The molecule has 7 nitrogen and oxygen atoms in total. The molecule has 3 fully saturated rings. The zero-order valence-corrected chi connectivity index (χ0v) is 17.2. The van der Waals surface area contributed by atoms with Gasteiger partial charge in [0.05, 0.1) is 10.7 Å². The van der Waals surface area contributed by atoms with E-state index in [0.717, 1.165) is 24.6 Å². The number of nitrogens with one attached hydrogen (secondary N) is 3. The van der Waals surface area contributed by atoms with E-state index in [9.17, 15) is 14.0 Å². The highest BCUT2D eigenvalue weighted by atomic mass is 35.5. The van der Waals surface area contributed by atoms with Crippen LogP contribution in [0.15, 0.2) is 42.5 Å². The Morgan fingerprint density at radius 2 is 2.03 bits per heavy atom. The van der Waals surface area contributed by atoms with E-state index in [0.29, 0.717) is 18.1 Å². The predicted octanol–water partition coefficient (Wildman–Crippen LogP) is 2.84. The second-order valence-electron chi connectivity index (χ2n) is 8.32. The summed E-state index contributed by atoms with van der Waals surface area (Å²) in [6.45, 7) is -0.220. The molecule has 0 aromatic heterocycles. The molecular weight excluding hydrogens is 425 g/mol. The molecule has 1 aliphatic heterocycles. The van der Waals surface area contributed by atoms with Crippen molar-refractivity contribution in [1.29, 1.82) is 0 Å².